The zero-order chi connectivity index (χ0) is 21.1. The van der Waals surface area contributed by atoms with Gasteiger partial charge in [-0.25, -0.2) is 9.97 Å². The Balaban J connectivity index is 1.61. The average molecular weight is 429 g/mol. The van der Waals surface area contributed by atoms with E-state index in [0.29, 0.717) is 12.3 Å². The normalized spacial score (nSPS) is 19.4. The predicted octanol–water partition coefficient (Wildman–Crippen LogP) is 5.00. The monoisotopic (exact) mass is 428 g/mol. The highest BCUT2D eigenvalue weighted by molar-refractivity contribution is 7.19. The first-order valence-electron chi connectivity index (χ1n) is 11.9. The fourth-order valence-corrected chi connectivity index (χ4v) is 6.09. The number of hydrogen-bond donors (Lipinski definition) is 0. The maximum absolute atomic E-state index is 12.4. The molecule has 5 nitrogen and oxygen atoms in total. The summed E-state index contributed by atoms with van der Waals surface area (Å²) in [5, 5.41) is 1.31. The van der Waals surface area contributed by atoms with Gasteiger partial charge in [0.05, 0.1) is 5.39 Å². The molecule has 4 rings (SSSR count). The van der Waals surface area contributed by atoms with E-state index in [0.717, 1.165) is 82.3 Å². The largest absolute Gasteiger partial charge is 0.352 e. The summed E-state index contributed by atoms with van der Waals surface area (Å²) >= 11 is 1.90. The van der Waals surface area contributed by atoms with Crippen LogP contribution < -0.4 is 4.90 Å². The number of aryl methyl sites for hydroxylation is 2. The lowest BCUT2D eigenvalue weighted by Gasteiger charge is -2.36. The molecule has 2 aromatic rings. The van der Waals surface area contributed by atoms with Crippen LogP contribution in [0.2, 0.25) is 0 Å². The molecule has 0 spiro atoms. The van der Waals surface area contributed by atoms with E-state index in [4.69, 9.17) is 9.97 Å². The van der Waals surface area contributed by atoms with Gasteiger partial charge in [0.15, 0.2) is 0 Å². The van der Waals surface area contributed by atoms with Crippen molar-refractivity contribution in [3.63, 3.8) is 0 Å². The SMILES string of the molecule is CCCCC(=O)N1CCN(c2nc(CCCC)nc3sc4c(c23)CC[C@H](C)C4)CC1. The van der Waals surface area contributed by atoms with Crippen LogP contribution >= 0.6 is 11.3 Å². The van der Waals surface area contributed by atoms with Gasteiger partial charge in [-0.1, -0.05) is 33.6 Å². The maximum Gasteiger partial charge on any atom is 0.222 e. The molecule has 1 fully saturated rings. The predicted molar refractivity (Wildman–Crippen MR) is 126 cm³/mol. The van der Waals surface area contributed by atoms with Crippen LogP contribution in [0.1, 0.15) is 75.6 Å². The number of piperazine rings is 1. The number of nitrogens with zero attached hydrogens (tertiary/aromatic N) is 4. The quantitative estimate of drug-likeness (QED) is 0.623. The minimum atomic E-state index is 0.315. The van der Waals surface area contributed by atoms with Gasteiger partial charge < -0.3 is 9.80 Å². The van der Waals surface area contributed by atoms with Crippen LogP contribution in [0, 0.1) is 5.92 Å². The summed E-state index contributed by atoms with van der Waals surface area (Å²) in [4.78, 5) is 29.7. The zero-order valence-corrected chi connectivity index (χ0v) is 19.7. The van der Waals surface area contributed by atoms with Gasteiger partial charge in [-0.3, -0.25) is 4.79 Å². The number of rotatable bonds is 7. The van der Waals surface area contributed by atoms with E-state index < -0.39 is 0 Å². The molecular formula is C24H36N4OS. The summed E-state index contributed by atoms with van der Waals surface area (Å²) in [7, 11) is 0. The van der Waals surface area contributed by atoms with Gasteiger partial charge in [0.1, 0.15) is 16.5 Å². The molecule has 1 aliphatic heterocycles. The van der Waals surface area contributed by atoms with Gasteiger partial charge in [0, 0.05) is 43.9 Å². The highest BCUT2D eigenvalue weighted by Gasteiger charge is 2.28. The fraction of sp³-hybridized carbons (Fsp3) is 0.708. The van der Waals surface area contributed by atoms with Crippen molar-refractivity contribution in [3.05, 3.63) is 16.3 Å². The summed E-state index contributed by atoms with van der Waals surface area (Å²) in [5.74, 6) is 3.21. The van der Waals surface area contributed by atoms with Gasteiger partial charge >= 0.3 is 0 Å². The Kier molecular flexibility index (Phi) is 6.91. The van der Waals surface area contributed by atoms with Crippen LogP contribution in [-0.4, -0.2) is 47.0 Å². The smallest absolute Gasteiger partial charge is 0.222 e. The lowest BCUT2D eigenvalue weighted by atomic mass is 9.89. The highest BCUT2D eigenvalue weighted by atomic mass is 32.1. The topological polar surface area (TPSA) is 49.3 Å². The van der Waals surface area contributed by atoms with Gasteiger partial charge in [-0.2, -0.15) is 0 Å². The zero-order valence-electron chi connectivity index (χ0n) is 18.9. The van der Waals surface area contributed by atoms with Crippen molar-refractivity contribution in [2.75, 3.05) is 31.1 Å². The summed E-state index contributed by atoms with van der Waals surface area (Å²) in [6.07, 6.45) is 9.59. The molecule has 1 amide bonds. The molecule has 1 aliphatic carbocycles. The second kappa shape index (κ2) is 9.63. The van der Waals surface area contributed by atoms with Crippen molar-refractivity contribution in [3.8, 4) is 0 Å². The molecule has 1 atom stereocenters. The maximum atomic E-state index is 12.4. The number of amides is 1. The van der Waals surface area contributed by atoms with Gasteiger partial charge in [-0.15, -0.1) is 11.3 Å². The second-order valence-corrected chi connectivity index (χ2v) is 10.2. The number of hydrogen-bond acceptors (Lipinski definition) is 5. The summed E-state index contributed by atoms with van der Waals surface area (Å²) in [6, 6.07) is 0. The van der Waals surface area contributed by atoms with Crippen molar-refractivity contribution in [2.24, 2.45) is 5.92 Å². The number of carbonyl (C=O) groups is 1. The molecule has 0 unspecified atom stereocenters. The molecule has 2 aliphatic rings. The van der Waals surface area contributed by atoms with Crippen LogP contribution in [0.25, 0.3) is 10.2 Å². The number of unbranched alkanes of at least 4 members (excludes halogenated alkanes) is 2. The first-order chi connectivity index (χ1) is 14.6. The first kappa shape index (κ1) is 21.5. The third kappa shape index (κ3) is 4.48. The van der Waals surface area contributed by atoms with E-state index in [9.17, 15) is 4.79 Å². The average Bonchev–Trinajstić information content (AvgIpc) is 3.12. The van der Waals surface area contributed by atoms with Crippen LogP contribution in [0.3, 0.4) is 0 Å². The lowest BCUT2D eigenvalue weighted by Crippen LogP contribution is -2.49. The van der Waals surface area contributed by atoms with Crippen LogP contribution in [0.4, 0.5) is 5.82 Å². The molecule has 3 heterocycles. The second-order valence-electron chi connectivity index (χ2n) is 9.07. The van der Waals surface area contributed by atoms with Crippen molar-refractivity contribution in [1.29, 1.82) is 0 Å². The third-order valence-electron chi connectivity index (χ3n) is 6.61. The molecule has 0 radical (unpaired) electrons. The van der Waals surface area contributed by atoms with E-state index in [2.05, 4.69) is 25.7 Å². The summed E-state index contributed by atoms with van der Waals surface area (Å²) in [6.45, 7) is 10.1. The number of fused-ring (bicyclic) bond motifs is 3. The number of anilines is 1. The molecule has 0 bridgehead atoms. The molecule has 0 aromatic carbocycles. The Labute approximate surface area is 184 Å². The van der Waals surface area contributed by atoms with Crippen LogP contribution in [-0.2, 0) is 24.1 Å². The van der Waals surface area contributed by atoms with E-state index in [1.165, 1.54) is 33.5 Å². The Hall–Kier alpha value is -1.69. The fourth-order valence-electron chi connectivity index (χ4n) is 4.70. The van der Waals surface area contributed by atoms with Gasteiger partial charge in [-0.05, 0) is 43.6 Å². The standard InChI is InChI=1S/C24H36N4OS/c1-4-6-8-20-25-23(28-14-12-27(13-15-28)21(29)9-7-5-2)22-18-11-10-17(3)16-19(18)30-24(22)26-20/h17H,4-16H2,1-3H3/t17-/m0/s1. The van der Waals surface area contributed by atoms with E-state index in [-0.39, 0.29) is 0 Å². The Morgan fingerprint density at radius 3 is 2.60 bits per heavy atom. The highest BCUT2D eigenvalue weighted by Crippen LogP contribution is 2.41. The molecule has 164 valence electrons. The molecular weight excluding hydrogens is 392 g/mol. The van der Waals surface area contributed by atoms with Crippen LogP contribution in [0.15, 0.2) is 0 Å². The Morgan fingerprint density at radius 2 is 1.87 bits per heavy atom. The Morgan fingerprint density at radius 1 is 1.10 bits per heavy atom. The number of thiophene rings is 1. The first-order valence-corrected chi connectivity index (χ1v) is 12.8. The van der Waals surface area contributed by atoms with E-state index in [1.54, 1.807) is 0 Å². The summed E-state index contributed by atoms with van der Waals surface area (Å²) in [5.41, 5.74) is 1.51. The minimum absolute atomic E-state index is 0.315. The molecule has 1 saturated heterocycles. The molecule has 30 heavy (non-hydrogen) atoms. The van der Waals surface area contributed by atoms with Crippen molar-refractivity contribution in [1.82, 2.24) is 14.9 Å². The molecule has 6 heteroatoms. The summed E-state index contributed by atoms with van der Waals surface area (Å²) < 4.78 is 0. The molecule has 2 aromatic heterocycles. The Bertz CT molecular complexity index is 885. The van der Waals surface area contributed by atoms with Crippen LogP contribution in [0.5, 0.6) is 0 Å². The van der Waals surface area contributed by atoms with E-state index in [1.807, 2.05) is 16.2 Å². The third-order valence-corrected chi connectivity index (χ3v) is 7.76. The molecule has 0 saturated carbocycles. The van der Waals surface area contributed by atoms with Crippen molar-refractivity contribution < 1.29 is 4.79 Å². The number of aromatic nitrogens is 2. The molecule has 0 N–H and O–H groups in total. The van der Waals surface area contributed by atoms with Crippen molar-refractivity contribution >= 4 is 33.3 Å². The van der Waals surface area contributed by atoms with Gasteiger partial charge in [0.25, 0.3) is 0 Å². The minimum Gasteiger partial charge on any atom is -0.352 e. The van der Waals surface area contributed by atoms with Gasteiger partial charge in [0.2, 0.25) is 5.91 Å². The number of carbonyl (C=O) groups excluding carboxylic acids is 1. The van der Waals surface area contributed by atoms with E-state index >= 15 is 0 Å². The lowest BCUT2D eigenvalue weighted by molar-refractivity contribution is -0.131. The van der Waals surface area contributed by atoms with Crippen molar-refractivity contribution in [2.45, 2.75) is 78.6 Å².